The topological polar surface area (TPSA) is 118 Å². The van der Waals surface area contributed by atoms with E-state index in [0.29, 0.717) is 12.1 Å². The van der Waals surface area contributed by atoms with Crippen LogP contribution in [0.15, 0.2) is 41.3 Å². The molecule has 0 saturated carbocycles. The van der Waals surface area contributed by atoms with Crippen molar-refractivity contribution in [1.29, 1.82) is 0 Å². The molecule has 0 heterocycles. The normalized spacial score (nSPS) is 11.2. The van der Waals surface area contributed by atoms with Crippen LogP contribution in [0.25, 0.3) is 0 Å². The molecule has 0 saturated heterocycles. The van der Waals surface area contributed by atoms with E-state index in [1.165, 1.54) is 6.07 Å². The molecule has 12 heteroatoms. The molecular weight excluding hydrogens is 391 g/mol. The second-order valence-corrected chi connectivity index (χ2v) is 6.93. The van der Waals surface area contributed by atoms with Gasteiger partial charge in [-0.25, -0.2) is 26.3 Å². The van der Waals surface area contributed by atoms with Crippen molar-refractivity contribution in [1.82, 2.24) is 10.0 Å². The minimum absolute atomic E-state index is 0.256. The van der Waals surface area contributed by atoms with E-state index >= 15 is 0 Å². The Labute approximate surface area is 151 Å². The maximum atomic E-state index is 13.1. The average molecular weight is 403 g/mol. The summed E-state index contributed by atoms with van der Waals surface area (Å²) < 4.78 is 65.3. The van der Waals surface area contributed by atoms with Crippen LogP contribution in [0.3, 0.4) is 0 Å². The van der Waals surface area contributed by atoms with Gasteiger partial charge in [-0.05, 0) is 18.2 Å². The van der Waals surface area contributed by atoms with Crippen LogP contribution in [0.4, 0.5) is 18.9 Å². The number of amides is 1. The van der Waals surface area contributed by atoms with Crippen LogP contribution in [0.5, 0.6) is 0 Å². The van der Waals surface area contributed by atoms with Gasteiger partial charge in [0.1, 0.15) is 0 Å². The van der Waals surface area contributed by atoms with Gasteiger partial charge in [0.05, 0.1) is 9.82 Å². The summed E-state index contributed by atoms with van der Waals surface area (Å²) in [7, 11) is -4.07. The van der Waals surface area contributed by atoms with Crippen molar-refractivity contribution in [2.45, 2.75) is 4.90 Å². The molecule has 0 aliphatic rings. The highest BCUT2D eigenvalue weighted by Gasteiger charge is 2.18. The number of carbonyl (C=O) groups excluding carboxylic acids is 1. The van der Waals surface area contributed by atoms with Gasteiger partial charge in [-0.2, -0.15) is 0 Å². The molecule has 2 aromatic rings. The predicted octanol–water partition coefficient (Wildman–Crippen LogP) is 1.72. The lowest BCUT2D eigenvalue weighted by Crippen LogP contribution is -2.34. The van der Waals surface area contributed by atoms with Crippen molar-refractivity contribution in [2.24, 2.45) is 0 Å². The van der Waals surface area contributed by atoms with Crippen LogP contribution < -0.4 is 10.0 Å². The van der Waals surface area contributed by atoms with E-state index in [9.17, 15) is 36.5 Å². The Morgan fingerprint density at radius 3 is 2.30 bits per heavy atom. The molecule has 0 atom stereocenters. The Morgan fingerprint density at radius 1 is 1.07 bits per heavy atom. The zero-order valence-corrected chi connectivity index (χ0v) is 14.2. The molecule has 0 fully saturated rings. The Morgan fingerprint density at radius 2 is 1.70 bits per heavy atom. The van der Waals surface area contributed by atoms with Crippen LogP contribution in [0.1, 0.15) is 10.4 Å². The minimum atomic E-state index is -4.07. The van der Waals surface area contributed by atoms with Gasteiger partial charge in [0.25, 0.3) is 11.6 Å². The Bertz CT molecular complexity index is 975. The predicted molar refractivity (Wildman–Crippen MR) is 86.9 cm³/mol. The number of carbonyl (C=O) groups is 1. The first-order valence-electron chi connectivity index (χ1n) is 7.28. The second kappa shape index (κ2) is 8.14. The fraction of sp³-hybridized carbons (Fsp3) is 0.133. The maximum Gasteiger partial charge on any atom is 0.270 e. The van der Waals surface area contributed by atoms with Crippen molar-refractivity contribution in [3.8, 4) is 0 Å². The van der Waals surface area contributed by atoms with E-state index in [1.807, 2.05) is 0 Å². The van der Waals surface area contributed by atoms with Gasteiger partial charge in [-0.3, -0.25) is 14.9 Å². The number of sulfonamides is 1. The van der Waals surface area contributed by atoms with Crippen LogP contribution in [-0.2, 0) is 10.0 Å². The number of nitro benzene ring substituents is 1. The third kappa shape index (κ3) is 5.01. The SMILES string of the molecule is O=C(NCCNS(=O)(=O)c1cccc([N+](=O)[O-])c1)c1cc(F)c(F)c(F)c1. The molecule has 0 aliphatic heterocycles. The molecule has 8 nitrogen and oxygen atoms in total. The van der Waals surface area contributed by atoms with E-state index in [2.05, 4.69) is 10.0 Å². The third-order valence-electron chi connectivity index (χ3n) is 3.29. The van der Waals surface area contributed by atoms with Crippen LogP contribution >= 0.6 is 0 Å². The summed E-state index contributed by atoms with van der Waals surface area (Å²) in [6.07, 6.45) is 0. The molecule has 2 aromatic carbocycles. The first-order chi connectivity index (χ1) is 12.6. The van der Waals surface area contributed by atoms with Gasteiger partial charge in [0.2, 0.25) is 10.0 Å². The zero-order valence-electron chi connectivity index (χ0n) is 13.4. The number of nitrogens with zero attached hydrogens (tertiary/aromatic N) is 1. The highest BCUT2D eigenvalue weighted by Crippen LogP contribution is 2.17. The Balaban J connectivity index is 1.95. The van der Waals surface area contributed by atoms with Crippen molar-refractivity contribution < 1.29 is 31.3 Å². The lowest BCUT2D eigenvalue weighted by atomic mass is 10.2. The monoisotopic (exact) mass is 403 g/mol. The largest absolute Gasteiger partial charge is 0.351 e. The van der Waals surface area contributed by atoms with Crippen molar-refractivity contribution in [3.63, 3.8) is 0 Å². The number of hydrogen-bond donors (Lipinski definition) is 2. The number of rotatable bonds is 7. The number of hydrogen-bond acceptors (Lipinski definition) is 5. The molecule has 1 amide bonds. The van der Waals surface area contributed by atoms with Gasteiger partial charge in [0.15, 0.2) is 17.5 Å². The van der Waals surface area contributed by atoms with E-state index in [-0.39, 0.29) is 18.0 Å². The molecule has 0 aromatic heterocycles. The van der Waals surface area contributed by atoms with Crippen molar-refractivity contribution in [2.75, 3.05) is 13.1 Å². The molecule has 0 aliphatic carbocycles. The van der Waals surface area contributed by atoms with Gasteiger partial charge >= 0.3 is 0 Å². The third-order valence-corrected chi connectivity index (χ3v) is 4.75. The quantitative estimate of drug-likeness (QED) is 0.316. The van der Waals surface area contributed by atoms with Gasteiger partial charge in [0, 0.05) is 30.8 Å². The average Bonchev–Trinajstić information content (AvgIpc) is 2.62. The standard InChI is InChI=1S/C15H12F3N3O5S/c16-12-6-9(7-13(17)14(12)18)15(22)19-4-5-20-27(25,26)11-3-1-2-10(8-11)21(23)24/h1-3,6-8,20H,4-5H2,(H,19,22). The molecule has 27 heavy (non-hydrogen) atoms. The number of benzene rings is 2. The fourth-order valence-electron chi connectivity index (χ4n) is 2.00. The molecule has 0 bridgehead atoms. The van der Waals surface area contributed by atoms with E-state index in [0.717, 1.165) is 18.2 Å². The minimum Gasteiger partial charge on any atom is -0.351 e. The fourth-order valence-corrected chi connectivity index (χ4v) is 3.07. The number of halogens is 3. The van der Waals surface area contributed by atoms with Gasteiger partial charge in [-0.15, -0.1) is 0 Å². The zero-order chi connectivity index (χ0) is 20.2. The number of non-ortho nitro benzene ring substituents is 1. The Hall–Kier alpha value is -2.99. The van der Waals surface area contributed by atoms with Crippen molar-refractivity contribution in [3.05, 3.63) is 69.5 Å². The van der Waals surface area contributed by atoms with E-state index in [1.54, 1.807) is 0 Å². The van der Waals surface area contributed by atoms with Crippen LogP contribution in [-0.4, -0.2) is 32.3 Å². The van der Waals surface area contributed by atoms with E-state index in [4.69, 9.17) is 0 Å². The number of nitro groups is 1. The first-order valence-corrected chi connectivity index (χ1v) is 8.77. The first kappa shape index (κ1) is 20.3. The summed E-state index contributed by atoms with van der Waals surface area (Å²) in [5.74, 6) is -5.73. The highest BCUT2D eigenvalue weighted by molar-refractivity contribution is 7.89. The van der Waals surface area contributed by atoms with E-state index < -0.39 is 49.6 Å². The lowest BCUT2D eigenvalue weighted by Gasteiger charge is -2.08. The highest BCUT2D eigenvalue weighted by atomic mass is 32.2. The van der Waals surface area contributed by atoms with Gasteiger partial charge in [-0.1, -0.05) is 6.07 Å². The summed E-state index contributed by atoms with van der Waals surface area (Å²) in [5, 5.41) is 12.9. The lowest BCUT2D eigenvalue weighted by molar-refractivity contribution is -0.385. The van der Waals surface area contributed by atoms with Crippen molar-refractivity contribution >= 4 is 21.6 Å². The molecule has 144 valence electrons. The molecule has 2 rings (SSSR count). The Kier molecular flexibility index (Phi) is 6.13. The molecule has 0 spiro atoms. The summed E-state index contributed by atoms with van der Waals surface area (Å²) in [4.78, 5) is 21.3. The summed E-state index contributed by atoms with van der Waals surface area (Å²) in [6.45, 7) is -0.559. The second-order valence-electron chi connectivity index (χ2n) is 5.16. The molecule has 2 N–H and O–H groups in total. The molecule has 0 radical (unpaired) electrons. The van der Waals surface area contributed by atoms with Crippen LogP contribution in [0, 0.1) is 27.6 Å². The smallest absolute Gasteiger partial charge is 0.270 e. The number of nitrogens with one attached hydrogen (secondary N) is 2. The summed E-state index contributed by atoms with van der Waals surface area (Å²) in [5.41, 5.74) is -0.889. The van der Waals surface area contributed by atoms with Crippen LogP contribution in [0.2, 0.25) is 0 Å². The summed E-state index contributed by atoms with van der Waals surface area (Å²) in [6, 6.07) is 5.34. The van der Waals surface area contributed by atoms with Gasteiger partial charge < -0.3 is 5.32 Å². The maximum absolute atomic E-state index is 13.1. The molecular formula is C15H12F3N3O5S. The molecule has 0 unspecified atom stereocenters. The summed E-state index contributed by atoms with van der Waals surface area (Å²) >= 11 is 0.